The molecule has 0 aliphatic rings. The lowest BCUT2D eigenvalue weighted by Gasteiger charge is -2.06. The van der Waals surface area contributed by atoms with Crippen molar-refractivity contribution in [1.29, 1.82) is 0 Å². The summed E-state index contributed by atoms with van der Waals surface area (Å²) in [6.07, 6.45) is 3.72. The van der Waals surface area contributed by atoms with Crippen LogP contribution < -0.4 is 0 Å². The van der Waals surface area contributed by atoms with Gasteiger partial charge in [0, 0.05) is 11.9 Å². The molecule has 1 N–H and O–H groups in total. The van der Waals surface area contributed by atoms with Gasteiger partial charge in [-0.05, 0) is 55.5 Å². The summed E-state index contributed by atoms with van der Waals surface area (Å²) in [5.41, 5.74) is 4.19. The van der Waals surface area contributed by atoms with Gasteiger partial charge in [-0.1, -0.05) is 17.7 Å². The van der Waals surface area contributed by atoms with Crippen LogP contribution in [0.2, 0.25) is 0 Å². The van der Waals surface area contributed by atoms with Crippen molar-refractivity contribution in [2.45, 2.75) is 6.92 Å². The highest BCUT2D eigenvalue weighted by Gasteiger charge is 2.04. The van der Waals surface area contributed by atoms with Crippen molar-refractivity contribution in [1.82, 2.24) is 4.57 Å². The smallest absolute Gasteiger partial charge is 0.335 e. The van der Waals surface area contributed by atoms with Crippen molar-refractivity contribution in [3.63, 3.8) is 0 Å². The third-order valence-electron chi connectivity index (χ3n) is 3.55. The SMILES string of the molecule is Cc1ccc(N=Cc2cccn2-c2ccc(C(=O)O)cc2)cc1. The van der Waals surface area contributed by atoms with Gasteiger partial charge in [0.1, 0.15) is 0 Å². The number of carboxylic acid groups (broad SMARTS) is 1. The van der Waals surface area contributed by atoms with Crippen molar-refractivity contribution < 1.29 is 9.90 Å². The lowest BCUT2D eigenvalue weighted by Crippen LogP contribution is -2.00. The average Bonchev–Trinajstić information content (AvgIpc) is 3.03. The maximum absolute atomic E-state index is 10.9. The first kappa shape index (κ1) is 14.8. The molecule has 0 aliphatic heterocycles. The van der Waals surface area contributed by atoms with Gasteiger partial charge in [-0.15, -0.1) is 0 Å². The minimum atomic E-state index is -0.926. The molecule has 0 bridgehead atoms. The Morgan fingerprint density at radius 1 is 1.04 bits per heavy atom. The van der Waals surface area contributed by atoms with E-state index in [0.29, 0.717) is 0 Å². The zero-order chi connectivity index (χ0) is 16.2. The minimum absolute atomic E-state index is 0.274. The van der Waals surface area contributed by atoms with Crippen LogP contribution in [0.4, 0.5) is 5.69 Å². The van der Waals surface area contributed by atoms with Gasteiger partial charge in [-0.25, -0.2) is 4.79 Å². The van der Waals surface area contributed by atoms with E-state index in [1.54, 1.807) is 30.5 Å². The number of aliphatic imine (C=N–C) groups is 1. The second kappa shape index (κ2) is 6.32. The number of hydrogen-bond acceptors (Lipinski definition) is 2. The maximum Gasteiger partial charge on any atom is 0.335 e. The van der Waals surface area contributed by atoms with E-state index in [4.69, 9.17) is 5.11 Å². The number of rotatable bonds is 4. The summed E-state index contributed by atoms with van der Waals surface area (Å²) in [4.78, 5) is 15.4. The van der Waals surface area contributed by atoms with E-state index < -0.39 is 5.97 Å². The van der Waals surface area contributed by atoms with Crippen molar-refractivity contribution in [3.8, 4) is 5.69 Å². The molecule has 1 heterocycles. The largest absolute Gasteiger partial charge is 0.478 e. The first-order chi connectivity index (χ1) is 11.1. The molecule has 3 rings (SSSR count). The maximum atomic E-state index is 10.9. The highest BCUT2D eigenvalue weighted by Crippen LogP contribution is 2.15. The molecular formula is C19H16N2O2. The molecule has 0 unspecified atom stereocenters. The minimum Gasteiger partial charge on any atom is -0.478 e. The fourth-order valence-electron chi connectivity index (χ4n) is 2.27. The van der Waals surface area contributed by atoms with Crippen LogP contribution in [0.25, 0.3) is 5.69 Å². The second-order valence-electron chi connectivity index (χ2n) is 5.25. The molecule has 0 saturated carbocycles. The average molecular weight is 304 g/mol. The molecule has 0 fully saturated rings. The van der Waals surface area contributed by atoms with Crippen LogP contribution in [0.5, 0.6) is 0 Å². The molecule has 1 aromatic heterocycles. The van der Waals surface area contributed by atoms with E-state index in [1.165, 1.54) is 5.56 Å². The Morgan fingerprint density at radius 2 is 1.74 bits per heavy atom. The van der Waals surface area contributed by atoms with Crippen molar-refractivity contribution in [2.75, 3.05) is 0 Å². The van der Waals surface area contributed by atoms with Gasteiger partial charge < -0.3 is 9.67 Å². The standard InChI is InChI=1S/C19H16N2O2/c1-14-4-8-16(9-5-14)20-13-18-3-2-12-21(18)17-10-6-15(7-11-17)19(22)23/h2-13H,1H3,(H,22,23). The lowest BCUT2D eigenvalue weighted by atomic mass is 10.2. The fraction of sp³-hybridized carbons (Fsp3) is 0.0526. The molecular weight excluding hydrogens is 288 g/mol. The number of aryl methyl sites for hydroxylation is 1. The first-order valence-electron chi connectivity index (χ1n) is 7.25. The van der Waals surface area contributed by atoms with Crippen LogP contribution in [0, 0.1) is 6.92 Å². The third kappa shape index (κ3) is 3.37. The van der Waals surface area contributed by atoms with E-state index in [1.807, 2.05) is 54.1 Å². The zero-order valence-corrected chi connectivity index (χ0v) is 12.7. The number of nitrogens with zero attached hydrogens (tertiary/aromatic N) is 2. The van der Waals surface area contributed by atoms with Crippen LogP contribution in [-0.4, -0.2) is 21.9 Å². The number of hydrogen-bond donors (Lipinski definition) is 1. The molecule has 4 heteroatoms. The van der Waals surface area contributed by atoms with E-state index in [2.05, 4.69) is 4.99 Å². The summed E-state index contributed by atoms with van der Waals surface area (Å²) in [6, 6.07) is 18.6. The van der Waals surface area contributed by atoms with Crippen LogP contribution in [0.3, 0.4) is 0 Å². The van der Waals surface area contributed by atoms with Gasteiger partial charge in [0.25, 0.3) is 0 Å². The van der Waals surface area contributed by atoms with Gasteiger partial charge in [0.15, 0.2) is 0 Å². The summed E-state index contributed by atoms with van der Waals surface area (Å²) >= 11 is 0. The van der Waals surface area contributed by atoms with Crippen LogP contribution in [-0.2, 0) is 0 Å². The Hall–Kier alpha value is -3.14. The topological polar surface area (TPSA) is 54.6 Å². The Labute approximate surface area is 134 Å². The number of carboxylic acids is 1. The predicted octanol–water partition coefficient (Wildman–Crippen LogP) is 4.23. The fourth-order valence-corrected chi connectivity index (χ4v) is 2.27. The molecule has 0 saturated heterocycles. The van der Waals surface area contributed by atoms with E-state index >= 15 is 0 Å². The Kier molecular flexibility index (Phi) is 4.06. The number of aromatic nitrogens is 1. The Bertz CT molecular complexity index is 844. The zero-order valence-electron chi connectivity index (χ0n) is 12.7. The molecule has 3 aromatic rings. The van der Waals surface area contributed by atoms with E-state index in [-0.39, 0.29) is 5.56 Å². The highest BCUT2D eigenvalue weighted by molar-refractivity contribution is 5.88. The van der Waals surface area contributed by atoms with Crippen molar-refractivity contribution in [3.05, 3.63) is 83.7 Å². The highest BCUT2D eigenvalue weighted by atomic mass is 16.4. The number of benzene rings is 2. The predicted molar refractivity (Wildman–Crippen MR) is 91.2 cm³/mol. The van der Waals surface area contributed by atoms with E-state index in [0.717, 1.165) is 17.1 Å². The molecule has 0 atom stereocenters. The molecule has 0 aliphatic carbocycles. The van der Waals surface area contributed by atoms with Gasteiger partial charge in [-0.2, -0.15) is 0 Å². The Morgan fingerprint density at radius 3 is 2.39 bits per heavy atom. The van der Waals surface area contributed by atoms with E-state index in [9.17, 15) is 4.79 Å². The van der Waals surface area contributed by atoms with Gasteiger partial charge >= 0.3 is 5.97 Å². The molecule has 0 spiro atoms. The quantitative estimate of drug-likeness (QED) is 0.733. The Balaban J connectivity index is 1.87. The van der Waals surface area contributed by atoms with Crippen LogP contribution >= 0.6 is 0 Å². The molecule has 114 valence electrons. The summed E-state index contributed by atoms with van der Waals surface area (Å²) in [5, 5.41) is 8.96. The lowest BCUT2D eigenvalue weighted by molar-refractivity contribution is 0.0697. The van der Waals surface area contributed by atoms with Crippen LogP contribution in [0.1, 0.15) is 21.6 Å². The van der Waals surface area contributed by atoms with Crippen LogP contribution in [0.15, 0.2) is 71.9 Å². The molecule has 0 amide bonds. The third-order valence-corrected chi connectivity index (χ3v) is 3.55. The monoisotopic (exact) mass is 304 g/mol. The van der Waals surface area contributed by atoms with Gasteiger partial charge in [-0.3, -0.25) is 4.99 Å². The van der Waals surface area contributed by atoms with Gasteiger partial charge in [0.05, 0.1) is 23.2 Å². The summed E-state index contributed by atoms with van der Waals surface area (Å²) in [5.74, 6) is -0.926. The summed E-state index contributed by atoms with van der Waals surface area (Å²) < 4.78 is 1.96. The summed E-state index contributed by atoms with van der Waals surface area (Å²) in [6.45, 7) is 2.04. The molecule has 0 radical (unpaired) electrons. The number of carbonyl (C=O) groups is 1. The van der Waals surface area contributed by atoms with Crippen molar-refractivity contribution in [2.24, 2.45) is 4.99 Å². The molecule has 23 heavy (non-hydrogen) atoms. The summed E-state index contributed by atoms with van der Waals surface area (Å²) in [7, 11) is 0. The van der Waals surface area contributed by atoms with Crippen molar-refractivity contribution >= 4 is 17.9 Å². The molecule has 2 aromatic carbocycles. The second-order valence-corrected chi connectivity index (χ2v) is 5.25. The number of aromatic carboxylic acids is 1. The first-order valence-corrected chi connectivity index (χ1v) is 7.25. The normalized spacial score (nSPS) is 11.0. The van der Waals surface area contributed by atoms with Gasteiger partial charge in [0.2, 0.25) is 0 Å². The molecule has 4 nitrogen and oxygen atoms in total.